The molecule has 2 aromatic rings. The molecule has 1 aromatic carbocycles. The van der Waals surface area contributed by atoms with Crippen molar-refractivity contribution in [2.24, 2.45) is 0 Å². The predicted octanol–water partition coefficient (Wildman–Crippen LogP) is 2.49. The summed E-state index contributed by atoms with van der Waals surface area (Å²) in [4.78, 5) is 4.57. The van der Waals surface area contributed by atoms with Crippen LogP contribution in [0.2, 0.25) is 0 Å². The summed E-state index contributed by atoms with van der Waals surface area (Å²) in [5, 5.41) is 3.25. The van der Waals surface area contributed by atoms with E-state index in [4.69, 9.17) is 0 Å². The van der Waals surface area contributed by atoms with Crippen LogP contribution in [-0.4, -0.2) is 4.98 Å². The van der Waals surface area contributed by atoms with E-state index >= 15 is 0 Å². The first-order valence-electron chi connectivity index (χ1n) is 5.28. The van der Waals surface area contributed by atoms with Crippen molar-refractivity contribution in [3.05, 3.63) is 53.5 Å². The second-order valence-electron chi connectivity index (χ2n) is 3.91. The molecular weight excluding hydrogens is 203 g/mol. The highest BCUT2D eigenvalue weighted by Gasteiger charge is 2.12. The van der Waals surface area contributed by atoms with Gasteiger partial charge in [0.25, 0.3) is 0 Å². The fraction of sp³-hybridized carbons (Fsp3) is 0.154. The van der Waals surface area contributed by atoms with E-state index in [1.165, 1.54) is 17.7 Å². The Morgan fingerprint density at radius 1 is 1.00 bits per heavy atom. The average Bonchev–Trinajstić information content (AvgIpc) is 2.77. The largest absolute Gasteiger partial charge is 0.307 e. The Bertz CT molecular complexity index is 520. The van der Waals surface area contributed by atoms with Crippen molar-refractivity contribution in [1.82, 2.24) is 10.3 Å². The van der Waals surface area contributed by atoms with Gasteiger partial charge in [-0.2, -0.15) is 0 Å². The number of rotatable bonds is 1. The first-order valence-corrected chi connectivity index (χ1v) is 5.28. The molecule has 0 unspecified atom stereocenters. The van der Waals surface area contributed by atoms with Gasteiger partial charge in [-0.15, -0.1) is 0 Å². The van der Waals surface area contributed by atoms with Crippen LogP contribution in [0.4, 0.5) is 4.39 Å². The maximum atomic E-state index is 12.8. The monoisotopic (exact) mass is 214 g/mol. The van der Waals surface area contributed by atoms with Crippen LogP contribution in [0.15, 0.2) is 36.4 Å². The van der Waals surface area contributed by atoms with E-state index in [0.29, 0.717) is 0 Å². The second-order valence-corrected chi connectivity index (χ2v) is 3.91. The summed E-state index contributed by atoms with van der Waals surface area (Å²) in [5.74, 6) is -0.216. The molecule has 0 atom stereocenters. The van der Waals surface area contributed by atoms with Crippen LogP contribution in [0.5, 0.6) is 0 Å². The summed E-state index contributed by atoms with van der Waals surface area (Å²) in [6.07, 6.45) is 0. The summed E-state index contributed by atoms with van der Waals surface area (Å²) in [6.45, 7) is 1.72. The molecule has 0 spiro atoms. The average molecular weight is 214 g/mol. The molecule has 3 rings (SSSR count). The Morgan fingerprint density at radius 3 is 2.62 bits per heavy atom. The maximum Gasteiger partial charge on any atom is 0.123 e. The molecule has 80 valence electrons. The van der Waals surface area contributed by atoms with Gasteiger partial charge in [-0.1, -0.05) is 6.07 Å². The zero-order valence-corrected chi connectivity index (χ0v) is 8.70. The van der Waals surface area contributed by atoms with E-state index in [-0.39, 0.29) is 5.82 Å². The van der Waals surface area contributed by atoms with Crippen molar-refractivity contribution in [1.29, 1.82) is 0 Å². The van der Waals surface area contributed by atoms with Gasteiger partial charge in [0.2, 0.25) is 0 Å². The first-order chi connectivity index (χ1) is 7.83. The van der Waals surface area contributed by atoms with Crippen LogP contribution in [0.25, 0.3) is 11.3 Å². The van der Waals surface area contributed by atoms with Gasteiger partial charge in [-0.25, -0.2) is 4.39 Å². The van der Waals surface area contributed by atoms with Gasteiger partial charge < -0.3 is 5.32 Å². The highest BCUT2D eigenvalue weighted by atomic mass is 19.1. The minimum absolute atomic E-state index is 0.216. The van der Waals surface area contributed by atoms with E-state index in [1.807, 2.05) is 6.07 Å². The van der Waals surface area contributed by atoms with Crippen molar-refractivity contribution in [3.8, 4) is 11.3 Å². The number of halogens is 1. The minimum Gasteiger partial charge on any atom is -0.307 e. The molecule has 16 heavy (non-hydrogen) atoms. The molecule has 1 aromatic heterocycles. The Hall–Kier alpha value is -1.74. The Morgan fingerprint density at radius 2 is 1.81 bits per heavy atom. The number of benzene rings is 1. The van der Waals surface area contributed by atoms with Gasteiger partial charge in [-0.3, -0.25) is 4.98 Å². The number of pyridine rings is 1. The molecule has 1 N–H and O–H groups in total. The molecule has 2 heterocycles. The van der Waals surface area contributed by atoms with Gasteiger partial charge in [-0.05, 0) is 35.9 Å². The third-order valence-corrected chi connectivity index (χ3v) is 2.82. The van der Waals surface area contributed by atoms with Crippen molar-refractivity contribution in [2.75, 3.05) is 0 Å². The van der Waals surface area contributed by atoms with Crippen LogP contribution in [0.3, 0.4) is 0 Å². The maximum absolute atomic E-state index is 12.8. The molecule has 0 saturated carbocycles. The molecule has 0 aliphatic carbocycles. The molecule has 0 radical (unpaired) electrons. The van der Waals surface area contributed by atoms with Crippen LogP contribution < -0.4 is 5.32 Å². The van der Waals surface area contributed by atoms with E-state index in [0.717, 1.165) is 30.0 Å². The van der Waals surface area contributed by atoms with Gasteiger partial charge in [0, 0.05) is 18.7 Å². The zero-order chi connectivity index (χ0) is 11.0. The van der Waals surface area contributed by atoms with Crippen LogP contribution in [-0.2, 0) is 13.1 Å². The summed E-state index contributed by atoms with van der Waals surface area (Å²) < 4.78 is 12.8. The summed E-state index contributed by atoms with van der Waals surface area (Å²) in [6, 6.07) is 10.5. The first kappa shape index (κ1) is 9.48. The summed E-state index contributed by atoms with van der Waals surface area (Å²) in [7, 11) is 0. The lowest BCUT2D eigenvalue weighted by Crippen LogP contribution is -2.00. The molecule has 0 saturated heterocycles. The lowest BCUT2D eigenvalue weighted by molar-refractivity contribution is 0.628. The Kier molecular flexibility index (Phi) is 2.18. The van der Waals surface area contributed by atoms with Crippen molar-refractivity contribution >= 4 is 0 Å². The van der Waals surface area contributed by atoms with Gasteiger partial charge >= 0.3 is 0 Å². The molecule has 0 fully saturated rings. The minimum atomic E-state index is -0.216. The van der Waals surface area contributed by atoms with Crippen molar-refractivity contribution < 1.29 is 4.39 Å². The normalized spacial score (nSPS) is 13.8. The lowest BCUT2D eigenvalue weighted by Gasteiger charge is -2.03. The van der Waals surface area contributed by atoms with E-state index in [2.05, 4.69) is 16.4 Å². The van der Waals surface area contributed by atoms with Crippen molar-refractivity contribution in [3.63, 3.8) is 0 Å². The SMILES string of the molecule is Fc1ccc(-c2ccc3c(n2)CNC3)cc1. The molecule has 1 aliphatic heterocycles. The lowest BCUT2D eigenvalue weighted by atomic mass is 10.1. The molecule has 2 nitrogen and oxygen atoms in total. The second kappa shape index (κ2) is 3.68. The Balaban J connectivity index is 2.03. The third-order valence-electron chi connectivity index (χ3n) is 2.82. The zero-order valence-electron chi connectivity index (χ0n) is 8.70. The van der Waals surface area contributed by atoms with Gasteiger partial charge in [0.1, 0.15) is 5.82 Å². The number of nitrogens with zero attached hydrogens (tertiary/aromatic N) is 1. The van der Waals surface area contributed by atoms with Gasteiger partial charge in [0.05, 0.1) is 11.4 Å². The van der Waals surface area contributed by atoms with E-state index in [9.17, 15) is 4.39 Å². The number of aromatic nitrogens is 1. The summed E-state index contributed by atoms with van der Waals surface area (Å²) >= 11 is 0. The number of fused-ring (bicyclic) bond motifs is 1. The standard InChI is InChI=1S/C13H11FN2/c14-11-4-1-9(2-5-11)12-6-3-10-7-15-8-13(10)16-12/h1-6,15H,7-8H2. The smallest absolute Gasteiger partial charge is 0.123 e. The topological polar surface area (TPSA) is 24.9 Å². The van der Waals surface area contributed by atoms with Crippen LogP contribution >= 0.6 is 0 Å². The van der Waals surface area contributed by atoms with Gasteiger partial charge in [0.15, 0.2) is 0 Å². The van der Waals surface area contributed by atoms with Crippen LogP contribution in [0.1, 0.15) is 11.3 Å². The Labute approximate surface area is 93.1 Å². The fourth-order valence-electron chi connectivity index (χ4n) is 1.94. The highest BCUT2D eigenvalue weighted by Crippen LogP contribution is 2.21. The molecule has 0 amide bonds. The molecular formula is C13H11FN2. The van der Waals surface area contributed by atoms with E-state index < -0.39 is 0 Å². The molecule has 0 bridgehead atoms. The van der Waals surface area contributed by atoms with Crippen LogP contribution in [0, 0.1) is 5.82 Å². The number of hydrogen-bond acceptors (Lipinski definition) is 2. The predicted molar refractivity (Wildman–Crippen MR) is 60.2 cm³/mol. The fourth-order valence-corrected chi connectivity index (χ4v) is 1.94. The molecule has 1 aliphatic rings. The third kappa shape index (κ3) is 1.59. The highest BCUT2D eigenvalue weighted by molar-refractivity contribution is 5.59. The number of nitrogens with one attached hydrogen (secondary N) is 1. The number of hydrogen-bond donors (Lipinski definition) is 1. The summed E-state index contributed by atoms with van der Waals surface area (Å²) in [5.41, 5.74) is 4.21. The molecule has 3 heteroatoms. The quantitative estimate of drug-likeness (QED) is 0.788. The van der Waals surface area contributed by atoms with Crippen molar-refractivity contribution in [2.45, 2.75) is 13.1 Å². The van der Waals surface area contributed by atoms with E-state index in [1.54, 1.807) is 12.1 Å².